The molecule has 2 heterocycles. The number of nitrogen functional groups attached to an aromatic ring is 1. The summed E-state index contributed by atoms with van der Waals surface area (Å²) in [5, 5.41) is 12.5. The van der Waals surface area contributed by atoms with Crippen LogP contribution in [0.2, 0.25) is 0 Å². The van der Waals surface area contributed by atoms with E-state index in [0.29, 0.717) is 17.9 Å². The molecule has 0 aliphatic rings. The van der Waals surface area contributed by atoms with E-state index in [1.807, 2.05) is 36.4 Å². The van der Waals surface area contributed by atoms with Gasteiger partial charge in [-0.1, -0.05) is 24.3 Å². The van der Waals surface area contributed by atoms with Crippen LogP contribution in [0.1, 0.15) is 17.4 Å². The highest BCUT2D eigenvalue weighted by Gasteiger charge is 2.13. The lowest BCUT2D eigenvalue weighted by atomic mass is 10.0. The van der Waals surface area contributed by atoms with Crippen LogP contribution in [-0.4, -0.2) is 15.1 Å². The summed E-state index contributed by atoms with van der Waals surface area (Å²) in [6, 6.07) is 13.5. The number of rotatable bonds is 3. The van der Waals surface area contributed by atoms with Crippen molar-refractivity contribution < 1.29 is 5.11 Å². The van der Waals surface area contributed by atoms with Crippen molar-refractivity contribution in [3.63, 3.8) is 0 Å². The molecule has 0 aliphatic heterocycles. The number of aromatic nitrogens is 2. The van der Waals surface area contributed by atoms with E-state index in [2.05, 4.69) is 9.97 Å². The van der Waals surface area contributed by atoms with Gasteiger partial charge in [-0.25, -0.2) is 4.98 Å². The second-order valence-corrected chi connectivity index (χ2v) is 4.73. The van der Waals surface area contributed by atoms with Gasteiger partial charge in [0.05, 0.1) is 5.69 Å². The summed E-state index contributed by atoms with van der Waals surface area (Å²) in [6.45, 7) is 0. The Morgan fingerprint density at radius 2 is 1.85 bits per heavy atom. The zero-order chi connectivity index (χ0) is 13.9. The lowest BCUT2D eigenvalue weighted by molar-refractivity contribution is 0.175. The van der Waals surface area contributed by atoms with Crippen molar-refractivity contribution in [2.75, 3.05) is 5.73 Å². The molecule has 1 aromatic carbocycles. The maximum absolute atomic E-state index is 10.4. The summed E-state index contributed by atoms with van der Waals surface area (Å²) in [6.07, 6.45) is 3.17. The van der Waals surface area contributed by atoms with Crippen LogP contribution in [0.15, 0.2) is 54.9 Å². The van der Waals surface area contributed by atoms with Crippen molar-refractivity contribution in [1.29, 1.82) is 0 Å². The molecular formula is C16H15N3O. The van der Waals surface area contributed by atoms with Gasteiger partial charge in [-0.05, 0) is 29.1 Å². The SMILES string of the molecule is Nc1cc(CC(O)c2nccc3ccccc23)ccn1. The quantitative estimate of drug-likeness (QED) is 0.763. The lowest BCUT2D eigenvalue weighted by Gasteiger charge is -2.13. The number of hydrogen-bond acceptors (Lipinski definition) is 4. The number of aliphatic hydroxyl groups excluding tert-OH is 1. The van der Waals surface area contributed by atoms with Gasteiger partial charge in [0.1, 0.15) is 11.9 Å². The molecule has 0 spiro atoms. The van der Waals surface area contributed by atoms with Gasteiger partial charge >= 0.3 is 0 Å². The molecule has 0 bridgehead atoms. The van der Waals surface area contributed by atoms with Gasteiger partial charge in [-0.3, -0.25) is 4.98 Å². The van der Waals surface area contributed by atoms with E-state index in [9.17, 15) is 5.11 Å². The number of benzene rings is 1. The van der Waals surface area contributed by atoms with Crippen LogP contribution in [0.5, 0.6) is 0 Å². The predicted octanol–water partition coefficient (Wildman–Crippen LogP) is 2.49. The van der Waals surface area contributed by atoms with Crippen molar-refractivity contribution in [1.82, 2.24) is 9.97 Å². The third-order valence-corrected chi connectivity index (χ3v) is 3.29. The Morgan fingerprint density at radius 3 is 2.70 bits per heavy atom. The molecule has 20 heavy (non-hydrogen) atoms. The number of anilines is 1. The molecule has 1 atom stereocenters. The average molecular weight is 265 g/mol. The second-order valence-electron chi connectivity index (χ2n) is 4.73. The van der Waals surface area contributed by atoms with Gasteiger partial charge < -0.3 is 10.8 Å². The normalized spacial score (nSPS) is 12.4. The summed E-state index contributed by atoms with van der Waals surface area (Å²) in [5.41, 5.74) is 7.29. The van der Waals surface area contributed by atoms with E-state index in [1.54, 1.807) is 18.5 Å². The van der Waals surface area contributed by atoms with E-state index in [-0.39, 0.29) is 0 Å². The maximum atomic E-state index is 10.4. The third-order valence-electron chi connectivity index (χ3n) is 3.29. The molecule has 0 fully saturated rings. The van der Waals surface area contributed by atoms with Crippen molar-refractivity contribution in [3.8, 4) is 0 Å². The molecule has 3 N–H and O–H groups in total. The Kier molecular flexibility index (Phi) is 3.31. The number of hydrogen-bond donors (Lipinski definition) is 2. The Hall–Kier alpha value is -2.46. The highest BCUT2D eigenvalue weighted by Crippen LogP contribution is 2.24. The molecule has 0 radical (unpaired) electrons. The van der Waals surface area contributed by atoms with Crippen LogP contribution in [0.3, 0.4) is 0 Å². The van der Waals surface area contributed by atoms with Crippen LogP contribution < -0.4 is 5.73 Å². The van der Waals surface area contributed by atoms with Gasteiger partial charge in [0.25, 0.3) is 0 Å². The first kappa shape index (κ1) is 12.6. The minimum Gasteiger partial charge on any atom is -0.386 e. The monoisotopic (exact) mass is 265 g/mol. The maximum Gasteiger partial charge on any atom is 0.123 e. The third kappa shape index (κ3) is 2.46. The predicted molar refractivity (Wildman–Crippen MR) is 79.1 cm³/mol. The van der Waals surface area contributed by atoms with Gasteiger partial charge in [-0.2, -0.15) is 0 Å². The summed E-state index contributed by atoms with van der Waals surface area (Å²) in [4.78, 5) is 8.28. The van der Waals surface area contributed by atoms with Crippen molar-refractivity contribution in [2.24, 2.45) is 0 Å². The molecule has 0 amide bonds. The highest BCUT2D eigenvalue weighted by molar-refractivity contribution is 5.84. The van der Waals surface area contributed by atoms with Crippen LogP contribution in [0, 0.1) is 0 Å². The van der Waals surface area contributed by atoms with Crippen molar-refractivity contribution >= 4 is 16.6 Å². The molecule has 3 aromatic rings. The van der Waals surface area contributed by atoms with Crippen LogP contribution >= 0.6 is 0 Å². The molecule has 0 saturated carbocycles. The lowest BCUT2D eigenvalue weighted by Crippen LogP contribution is -2.05. The Balaban J connectivity index is 1.94. The smallest absolute Gasteiger partial charge is 0.123 e. The highest BCUT2D eigenvalue weighted by atomic mass is 16.3. The van der Waals surface area contributed by atoms with E-state index >= 15 is 0 Å². The molecular weight excluding hydrogens is 250 g/mol. The molecule has 4 nitrogen and oxygen atoms in total. The summed E-state index contributed by atoms with van der Waals surface area (Å²) in [7, 11) is 0. The van der Waals surface area contributed by atoms with Crippen molar-refractivity contribution in [3.05, 3.63) is 66.1 Å². The second kappa shape index (κ2) is 5.27. The molecule has 2 aromatic heterocycles. The Bertz CT molecular complexity index is 737. The zero-order valence-electron chi connectivity index (χ0n) is 10.9. The fourth-order valence-electron chi connectivity index (χ4n) is 2.35. The fourth-order valence-corrected chi connectivity index (χ4v) is 2.35. The Labute approximate surface area is 116 Å². The van der Waals surface area contributed by atoms with Gasteiger partial charge in [0.2, 0.25) is 0 Å². The summed E-state index contributed by atoms with van der Waals surface area (Å²) < 4.78 is 0. The standard InChI is InChI=1S/C16H15N3O/c17-15-10-11(5-7-18-15)9-14(20)16-13-4-2-1-3-12(13)6-8-19-16/h1-8,10,14,20H,9H2,(H2,17,18). The van der Waals surface area contributed by atoms with Crippen LogP contribution in [-0.2, 0) is 6.42 Å². The molecule has 1 unspecified atom stereocenters. The molecule has 0 aliphatic carbocycles. The number of pyridine rings is 2. The van der Waals surface area contributed by atoms with Crippen molar-refractivity contribution in [2.45, 2.75) is 12.5 Å². The fraction of sp³-hybridized carbons (Fsp3) is 0.125. The number of aliphatic hydroxyl groups is 1. The first-order valence-electron chi connectivity index (χ1n) is 6.46. The molecule has 100 valence electrons. The largest absolute Gasteiger partial charge is 0.386 e. The summed E-state index contributed by atoms with van der Waals surface area (Å²) >= 11 is 0. The van der Waals surface area contributed by atoms with Crippen LogP contribution in [0.4, 0.5) is 5.82 Å². The Morgan fingerprint density at radius 1 is 1.05 bits per heavy atom. The average Bonchev–Trinajstić information content (AvgIpc) is 2.46. The molecule has 4 heteroatoms. The van der Waals surface area contributed by atoms with Crippen LogP contribution in [0.25, 0.3) is 10.8 Å². The van der Waals surface area contributed by atoms with Gasteiger partial charge in [0.15, 0.2) is 0 Å². The molecule has 0 saturated heterocycles. The zero-order valence-corrected chi connectivity index (χ0v) is 10.9. The number of fused-ring (bicyclic) bond motifs is 1. The number of nitrogens with zero attached hydrogens (tertiary/aromatic N) is 2. The first-order valence-corrected chi connectivity index (χ1v) is 6.46. The molecule has 3 rings (SSSR count). The minimum atomic E-state index is -0.664. The van der Waals surface area contributed by atoms with E-state index in [0.717, 1.165) is 16.3 Å². The van der Waals surface area contributed by atoms with Gasteiger partial charge in [0, 0.05) is 24.2 Å². The minimum absolute atomic E-state index is 0.459. The number of nitrogens with two attached hydrogens (primary N) is 1. The van der Waals surface area contributed by atoms with E-state index < -0.39 is 6.10 Å². The summed E-state index contributed by atoms with van der Waals surface area (Å²) in [5.74, 6) is 0.459. The van der Waals surface area contributed by atoms with E-state index in [1.165, 1.54) is 0 Å². The van der Waals surface area contributed by atoms with Gasteiger partial charge in [-0.15, -0.1) is 0 Å². The topological polar surface area (TPSA) is 72.0 Å². The first-order chi connectivity index (χ1) is 9.74. The van der Waals surface area contributed by atoms with E-state index in [4.69, 9.17) is 5.73 Å².